The molecular formula is C11H16N2O2S. The molecule has 0 saturated heterocycles. The lowest BCUT2D eigenvalue weighted by atomic mass is 10.2. The maximum atomic E-state index is 11.2. The molecule has 1 aromatic rings. The second-order valence-electron chi connectivity index (χ2n) is 3.56. The van der Waals surface area contributed by atoms with E-state index in [9.17, 15) is 4.79 Å². The van der Waals surface area contributed by atoms with Crippen LogP contribution >= 0.6 is 11.8 Å². The zero-order valence-electron chi connectivity index (χ0n) is 9.77. The fourth-order valence-electron chi connectivity index (χ4n) is 0.966. The third kappa shape index (κ3) is 3.81. The van der Waals surface area contributed by atoms with Crippen LogP contribution in [-0.2, 0) is 4.74 Å². The van der Waals surface area contributed by atoms with Gasteiger partial charge in [0.15, 0.2) is 5.69 Å². The molecule has 88 valence electrons. The molecule has 0 aliphatic rings. The van der Waals surface area contributed by atoms with E-state index in [-0.39, 0.29) is 5.69 Å². The maximum Gasteiger partial charge on any atom is 0.358 e. The van der Waals surface area contributed by atoms with Gasteiger partial charge in [-0.05, 0) is 5.92 Å². The first-order chi connectivity index (χ1) is 7.67. The Morgan fingerprint density at radius 3 is 2.94 bits per heavy atom. The monoisotopic (exact) mass is 240 g/mol. The lowest BCUT2D eigenvalue weighted by Crippen LogP contribution is -2.05. The molecule has 0 spiro atoms. The molecule has 1 heterocycles. The largest absolute Gasteiger partial charge is 0.464 e. The van der Waals surface area contributed by atoms with Crippen LogP contribution in [0.25, 0.3) is 0 Å². The zero-order valence-corrected chi connectivity index (χ0v) is 10.6. The Hall–Kier alpha value is -1.10. The van der Waals surface area contributed by atoms with Gasteiger partial charge in [-0.15, -0.1) is 11.8 Å². The molecule has 0 amide bonds. The summed E-state index contributed by atoms with van der Waals surface area (Å²) in [7, 11) is 1.34. The molecule has 1 unspecified atom stereocenters. The van der Waals surface area contributed by atoms with Gasteiger partial charge in [0.2, 0.25) is 0 Å². The normalized spacial score (nSPS) is 12.2. The summed E-state index contributed by atoms with van der Waals surface area (Å²) >= 11 is 1.61. The van der Waals surface area contributed by atoms with Gasteiger partial charge in [-0.25, -0.2) is 9.78 Å². The topological polar surface area (TPSA) is 52.1 Å². The van der Waals surface area contributed by atoms with E-state index in [0.717, 1.165) is 17.2 Å². The summed E-state index contributed by atoms with van der Waals surface area (Å²) in [5.41, 5.74) is 0.261. The third-order valence-electron chi connectivity index (χ3n) is 2.22. The lowest BCUT2D eigenvalue weighted by Gasteiger charge is -2.07. The lowest BCUT2D eigenvalue weighted by molar-refractivity contribution is 0.0592. The van der Waals surface area contributed by atoms with Crippen molar-refractivity contribution < 1.29 is 9.53 Å². The van der Waals surface area contributed by atoms with Gasteiger partial charge in [-0.3, -0.25) is 4.98 Å². The van der Waals surface area contributed by atoms with Gasteiger partial charge in [-0.1, -0.05) is 20.3 Å². The minimum atomic E-state index is -0.446. The maximum absolute atomic E-state index is 11.2. The summed E-state index contributed by atoms with van der Waals surface area (Å²) in [6, 6.07) is 0. The average Bonchev–Trinajstić information content (AvgIpc) is 2.35. The van der Waals surface area contributed by atoms with Gasteiger partial charge < -0.3 is 4.74 Å². The quantitative estimate of drug-likeness (QED) is 0.584. The molecule has 0 aliphatic carbocycles. The Labute approximate surface area is 99.8 Å². The molecular weight excluding hydrogens is 224 g/mol. The van der Waals surface area contributed by atoms with Crippen molar-refractivity contribution >= 4 is 17.7 Å². The second-order valence-corrected chi connectivity index (χ2v) is 4.60. The van der Waals surface area contributed by atoms with Gasteiger partial charge in [0.1, 0.15) is 5.03 Å². The molecule has 1 aromatic heterocycles. The predicted octanol–water partition coefficient (Wildman–Crippen LogP) is 2.40. The number of nitrogens with zero attached hydrogens (tertiary/aromatic N) is 2. The van der Waals surface area contributed by atoms with Crippen LogP contribution in [0, 0.1) is 5.92 Å². The van der Waals surface area contributed by atoms with Crippen LogP contribution in [0.5, 0.6) is 0 Å². The molecule has 0 radical (unpaired) electrons. The first kappa shape index (κ1) is 13.0. The van der Waals surface area contributed by atoms with E-state index in [4.69, 9.17) is 0 Å². The van der Waals surface area contributed by atoms with Crippen molar-refractivity contribution in [2.45, 2.75) is 25.3 Å². The Morgan fingerprint density at radius 1 is 1.56 bits per heavy atom. The minimum Gasteiger partial charge on any atom is -0.464 e. The van der Waals surface area contributed by atoms with E-state index >= 15 is 0 Å². The van der Waals surface area contributed by atoms with Crippen LogP contribution in [0.2, 0.25) is 0 Å². The number of hydrogen-bond acceptors (Lipinski definition) is 5. The van der Waals surface area contributed by atoms with Crippen molar-refractivity contribution in [2.75, 3.05) is 12.9 Å². The number of carbonyl (C=O) groups is 1. The number of ether oxygens (including phenoxy) is 1. The molecule has 0 aromatic carbocycles. The van der Waals surface area contributed by atoms with Crippen molar-refractivity contribution in [1.29, 1.82) is 0 Å². The number of thioether (sulfide) groups is 1. The van der Waals surface area contributed by atoms with E-state index in [2.05, 4.69) is 28.6 Å². The van der Waals surface area contributed by atoms with Crippen molar-refractivity contribution in [3.8, 4) is 0 Å². The van der Waals surface area contributed by atoms with Crippen LogP contribution in [0.3, 0.4) is 0 Å². The highest BCUT2D eigenvalue weighted by Crippen LogP contribution is 2.19. The Bertz CT molecular complexity index is 358. The highest BCUT2D eigenvalue weighted by Gasteiger charge is 2.09. The molecule has 0 fully saturated rings. The first-order valence-electron chi connectivity index (χ1n) is 5.20. The molecule has 4 nitrogen and oxygen atoms in total. The smallest absolute Gasteiger partial charge is 0.358 e. The summed E-state index contributed by atoms with van der Waals surface area (Å²) in [5, 5.41) is 0.767. The highest BCUT2D eigenvalue weighted by atomic mass is 32.2. The molecule has 0 bridgehead atoms. The predicted molar refractivity (Wildman–Crippen MR) is 63.6 cm³/mol. The van der Waals surface area contributed by atoms with E-state index in [1.54, 1.807) is 18.0 Å². The van der Waals surface area contributed by atoms with Gasteiger partial charge in [0.25, 0.3) is 0 Å². The van der Waals surface area contributed by atoms with E-state index in [1.807, 2.05) is 0 Å². The molecule has 1 atom stereocenters. The molecule has 0 saturated carbocycles. The van der Waals surface area contributed by atoms with Crippen molar-refractivity contribution in [3.05, 3.63) is 18.1 Å². The first-order valence-corrected chi connectivity index (χ1v) is 6.19. The van der Waals surface area contributed by atoms with Gasteiger partial charge in [0, 0.05) is 5.75 Å². The number of rotatable bonds is 5. The van der Waals surface area contributed by atoms with Crippen LogP contribution < -0.4 is 0 Å². The third-order valence-corrected chi connectivity index (χ3v) is 3.45. The van der Waals surface area contributed by atoms with Crippen LogP contribution in [0.1, 0.15) is 30.8 Å². The standard InChI is InChI=1S/C11H16N2O2S/c1-4-8(2)7-16-10-6-12-5-9(13-10)11(14)15-3/h5-6,8H,4,7H2,1-3H3. The molecule has 0 N–H and O–H groups in total. The van der Waals surface area contributed by atoms with Crippen LogP contribution in [0.15, 0.2) is 17.4 Å². The summed E-state index contributed by atoms with van der Waals surface area (Å²) in [5.74, 6) is 1.17. The van der Waals surface area contributed by atoms with E-state index < -0.39 is 5.97 Å². The number of hydrogen-bond donors (Lipinski definition) is 0. The molecule has 5 heteroatoms. The van der Waals surface area contributed by atoms with Crippen molar-refractivity contribution in [2.24, 2.45) is 5.92 Å². The summed E-state index contributed by atoms with van der Waals surface area (Å²) in [4.78, 5) is 19.4. The van der Waals surface area contributed by atoms with Gasteiger partial charge >= 0.3 is 5.97 Å². The zero-order chi connectivity index (χ0) is 12.0. The van der Waals surface area contributed by atoms with Crippen LogP contribution in [-0.4, -0.2) is 28.8 Å². The van der Waals surface area contributed by atoms with Crippen molar-refractivity contribution in [1.82, 2.24) is 9.97 Å². The summed E-state index contributed by atoms with van der Waals surface area (Å²) in [6.45, 7) is 4.34. The van der Waals surface area contributed by atoms with Gasteiger partial charge in [-0.2, -0.15) is 0 Å². The number of aromatic nitrogens is 2. The molecule has 0 aliphatic heterocycles. The highest BCUT2D eigenvalue weighted by molar-refractivity contribution is 7.99. The Balaban J connectivity index is 2.64. The van der Waals surface area contributed by atoms with Crippen molar-refractivity contribution in [3.63, 3.8) is 0 Å². The Morgan fingerprint density at radius 2 is 2.31 bits per heavy atom. The average molecular weight is 240 g/mol. The number of carbonyl (C=O) groups excluding carboxylic acids is 1. The summed E-state index contributed by atoms with van der Waals surface area (Å²) < 4.78 is 4.59. The number of esters is 1. The van der Waals surface area contributed by atoms with E-state index in [1.165, 1.54) is 13.3 Å². The summed E-state index contributed by atoms with van der Waals surface area (Å²) in [6.07, 6.45) is 4.22. The number of methoxy groups -OCH3 is 1. The van der Waals surface area contributed by atoms with Gasteiger partial charge in [0.05, 0.1) is 19.5 Å². The fraction of sp³-hybridized carbons (Fsp3) is 0.545. The fourth-order valence-corrected chi connectivity index (χ4v) is 1.96. The Kier molecular flexibility index (Phi) is 5.25. The van der Waals surface area contributed by atoms with E-state index in [0.29, 0.717) is 5.92 Å². The van der Waals surface area contributed by atoms with Crippen LogP contribution in [0.4, 0.5) is 0 Å². The SMILES string of the molecule is CCC(C)CSc1cncc(C(=O)OC)n1. The molecule has 1 rings (SSSR count). The minimum absolute atomic E-state index is 0.261. The second kappa shape index (κ2) is 6.48. The molecule has 16 heavy (non-hydrogen) atoms.